The highest BCUT2D eigenvalue weighted by molar-refractivity contribution is 5.99. The summed E-state index contributed by atoms with van der Waals surface area (Å²) in [4.78, 5) is 29.4. The van der Waals surface area contributed by atoms with Crippen LogP contribution in [-0.4, -0.2) is 41.7 Å². The standard InChI is InChI=1S/C17H16F3N3O3/c1-11-3-4-12(9-21-11)16(25)23(2)10-15(24)22-13-5-7-14(8-6-13)26-17(18,19)20/h3-9H,10H2,1-2H3,(H,22,24). The van der Waals surface area contributed by atoms with Gasteiger partial charge in [-0.15, -0.1) is 13.2 Å². The lowest BCUT2D eigenvalue weighted by Gasteiger charge is -2.17. The van der Waals surface area contributed by atoms with Gasteiger partial charge in [0.2, 0.25) is 5.91 Å². The molecule has 0 saturated carbocycles. The molecule has 1 aromatic carbocycles. The molecule has 0 unspecified atom stereocenters. The number of alkyl halides is 3. The maximum Gasteiger partial charge on any atom is 0.573 e. The number of ether oxygens (including phenoxy) is 1. The fraction of sp³-hybridized carbons (Fsp3) is 0.235. The first-order valence-corrected chi connectivity index (χ1v) is 7.48. The third kappa shape index (κ3) is 5.76. The van der Waals surface area contributed by atoms with E-state index in [4.69, 9.17) is 0 Å². The van der Waals surface area contributed by atoms with Gasteiger partial charge in [0.05, 0.1) is 12.1 Å². The molecule has 0 saturated heterocycles. The zero-order chi connectivity index (χ0) is 19.3. The molecule has 0 bridgehead atoms. The Morgan fingerprint density at radius 1 is 1.15 bits per heavy atom. The van der Waals surface area contributed by atoms with E-state index in [2.05, 4.69) is 15.0 Å². The van der Waals surface area contributed by atoms with Crippen molar-refractivity contribution in [2.75, 3.05) is 18.9 Å². The summed E-state index contributed by atoms with van der Waals surface area (Å²) in [6.45, 7) is 1.56. The Kier molecular flexibility index (Phi) is 5.81. The second-order valence-corrected chi connectivity index (χ2v) is 5.47. The zero-order valence-electron chi connectivity index (χ0n) is 14.0. The van der Waals surface area contributed by atoms with Gasteiger partial charge in [-0.1, -0.05) is 0 Å². The number of pyridine rings is 1. The number of likely N-dealkylation sites (N-methyl/N-ethyl adjacent to an activating group) is 1. The summed E-state index contributed by atoms with van der Waals surface area (Å²) in [6, 6.07) is 7.99. The average Bonchev–Trinajstić information content (AvgIpc) is 2.55. The van der Waals surface area contributed by atoms with Crippen molar-refractivity contribution in [3.63, 3.8) is 0 Å². The number of hydrogen-bond acceptors (Lipinski definition) is 4. The van der Waals surface area contributed by atoms with Crippen LogP contribution in [0.1, 0.15) is 16.1 Å². The van der Waals surface area contributed by atoms with Crippen LogP contribution < -0.4 is 10.1 Å². The van der Waals surface area contributed by atoms with Crippen LogP contribution in [0.5, 0.6) is 5.75 Å². The van der Waals surface area contributed by atoms with E-state index in [0.717, 1.165) is 17.8 Å². The number of carbonyl (C=O) groups excluding carboxylic acids is 2. The summed E-state index contributed by atoms with van der Waals surface area (Å²) in [5.74, 6) is -1.26. The number of aryl methyl sites for hydroxylation is 1. The Morgan fingerprint density at radius 2 is 1.81 bits per heavy atom. The molecule has 6 nitrogen and oxygen atoms in total. The molecule has 1 aromatic heterocycles. The molecular weight excluding hydrogens is 351 g/mol. The monoisotopic (exact) mass is 367 g/mol. The highest BCUT2D eigenvalue weighted by atomic mass is 19.4. The molecule has 2 rings (SSSR count). The Bertz CT molecular complexity index is 775. The van der Waals surface area contributed by atoms with Gasteiger partial charge in [0.1, 0.15) is 5.75 Å². The fourth-order valence-electron chi connectivity index (χ4n) is 2.04. The summed E-state index contributed by atoms with van der Waals surface area (Å²) >= 11 is 0. The minimum atomic E-state index is -4.78. The highest BCUT2D eigenvalue weighted by Crippen LogP contribution is 2.23. The quantitative estimate of drug-likeness (QED) is 0.882. The molecule has 0 aliphatic heterocycles. The molecule has 0 aliphatic carbocycles. The van der Waals surface area contributed by atoms with Crippen LogP contribution in [0.3, 0.4) is 0 Å². The lowest BCUT2D eigenvalue weighted by atomic mass is 10.2. The number of anilines is 1. The van der Waals surface area contributed by atoms with Gasteiger partial charge in [-0.2, -0.15) is 0 Å². The van der Waals surface area contributed by atoms with E-state index >= 15 is 0 Å². The van der Waals surface area contributed by atoms with E-state index in [1.165, 1.54) is 30.3 Å². The minimum Gasteiger partial charge on any atom is -0.406 e. The number of nitrogens with one attached hydrogen (secondary N) is 1. The van der Waals surface area contributed by atoms with Gasteiger partial charge < -0.3 is 15.0 Å². The van der Waals surface area contributed by atoms with Gasteiger partial charge in [-0.05, 0) is 43.3 Å². The number of rotatable bonds is 5. The van der Waals surface area contributed by atoms with E-state index in [-0.39, 0.29) is 18.1 Å². The number of carbonyl (C=O) groups is 2. The Hall–Kier alpha value is -3.10. The SMILES string of the molecule is Cc1ccc(C(=O)N(C)CC(=O)Nc2ccc(OC(F)(F)F)cc2)cn1. The topological polar surface area (TPSA) is 71.5 Å². The number of hydrogen-bond donors (Lipinski definition) is 1. The first-order chi connectivity index (χ1) is 12.1. The van der Waals surface area contributed by atoms with Gasteiger partial charge in [0.15, 0.2) is 0 Å². The molecule has 1 N–H and O–H groups in total. The number of nitrogens with zero attached hydrogens (tertiary/aromatic N) is 2. The van der Waals surface area contributed by atoms with Crippen molar-refractivity contribution in [3.05, 3.63) is 53.9 Å². The van der Waals surface area contributed by atoms with Crippen molar-refractivity contribution in [2.45, 2.75) is 13.3 Å². The second kappa shape index (κ2) is 7.85. The third-order valence-corrected chi connectivity index (χ3v) is 3.26. The molecule has 0 spiro atoms. The molecule has 2 aromatic rings. The second-order valence-electron chi connectivity index (χ2n) is 5.47. The minimum absolute atomic E-state index is 0.229. The molecule has 9 heteroatoms. The predicted octanol–water partition coefficient (Wildman–Crippen LogP) is 3.00. The van der Waals surface area contributed by atoms with E-state index in [0.29, 0.717) is 5.56 Å². The maximum atomic E-state index is 12.2. The Morgan fingerprint density at radius 3 is 2.35 bits per heavy atom. The van der Waals surface area contributed by atoms with Crippen molar-refractivity contribution >= 4 is 17.5 Å². The van der Waals surface area contributed by atoms with Gasteiger partial charge in [0.25, 0.3) is 5.91 Å². The van der Waals surface area contributed by atoms with Crippen molar-refractivity contribution in [1.82, 2.24) is 9.88 Å². The number of benzene rings is 1. The number of aromatic nitrogens is 1. The summed E-state index contributed by atoms with van der Waals surface area (Å²) in [5.41, 5.74) is 1.39. The first kappa shape index (κ1) is 19.2. The Balaban J connectivity index is 1.91. The van der Waals surface area contributed by atoms with Crippen molar-refractivity contribution in [1.29, 1.82) is 0 Å². The predicted molar refractivity (Wildman–Crippen MR) is 87.7 cm³/mol. The van der Waals surface area contributed by atoms with Crippen LogP contribution in [-0.2, 0) is 4.79 Å². The lowest BCUT2D eigenvalue weighted by Crippen LogP contribution is -2.35. The molecule has 2 amide bonds. The van der Waals surface area contributed by atoms with Crippen molar-refractivity contribution < 1.29 is 27.5 Å². The Labute approximate surface area is 147 Å². The van der Waals surface area contributed by atoms with Crippen LogP contribution >= 0.6 is 0 Å². The molecule has 26 heavy (non-hydrogen) atoms. The van der Waals surface area contributed by atoms with Crippen LogP contribution in [0.15, 0.2) is 42.6 Å². The third-order valence-electron chi connectivity index (χ3n) is 3.26. The zero-order valence-corrected chi connectivity index (χ0v) is 14.0. The normalized spacial score (nSPS) is 11.0. The van der Waals surface area contributed by atoms with Crippen LogP contribution in [0, 0.1) is 6.92 Å². The largest absolute Gasteiger partial charge is 0.573 e. The average molecular weight is 367 g/mol. The van der Waals surface area contributed by atoms with Crippen molar-refractivity contribution in [2.24, 2.45) is 0 Å². The van der Waals surface area contributed by atoms with Gasteiger partial charge in [-0.25, -0.2) is 0 Å². The van der Waals surface area contributed by atoms with Gasteiger partial charge in [0, 0.05) is 24.6 Å². The van der Waals surface area contributed by atoms with Gasteiger partial charge in [-0.3, -0.25) is 14.6 Å². The van der Waals surface area contributed by atoms with E-state index in [1.807, 2.05) is 0 Å². The summed E-state index contributed by atoms with van der Waals surface area (Å²) < 4.78 is 40.0. The first-order valence-electron chi connectivity index (χ1n) is 7.48. The van der Waals surface area contributed by atoms with E-state index in [1.54, 1.807) is 19.1 Å². The smallest absolute Gasteiger partial charge is 0.406 e. The number of halogens is 3. The number of amides is 2. The summed E-state index contributed by atoms with van der Waals surface area (Å²) in [7, 11) is 1.46. The molecular formula is C17H16F3N3O3. The molecule has 0 radical (unpaired) electrons. The maximum absolute atomic E-state index is 12.2. The molecule has 0 fully saturated rings. The van der Waals surface area contributed by atoms with Crippen LogP contribution in [0.25, 0.3) is 0 Å². The van der Waals surface area contributed by atoms with Gasteiger partial charge >= 0.3 is 6.36 Å². The van der Waals surface area contributed by atoms with E-state index in [9.17, 15) is 22.8 Å². The lowest BCUT2D eigenvalue weighted by molar-refractivity contribution is -0.274. The molecule has 1 heterocycles. The molecule has 0 atom stereocenters. The fourth-order valence-corrected chi connectivity index (χ4v) is 2.04. The van der Waals surface area contributed by atoms with Crippen LogP contribution in [0.2, 0.25) is 0 Å². The van der Waals surface area contributed by atoms with Crippen molar-refractivity contribution in [3.8, 4) is 5.75 Å². The highest BCUT2D eigenvalue weighted by Gasteiger charge is 2.31. The summed E-state index contributed by atoms with van der Waals surface area (Å²) in [5, 5.41) is 2.49. The molecule has 0 aliphatic rings. The summed E-state index contributed by atoms with van der Waals surface area (Å²) in [6.07, 6.45) is -3.36. The van der Waals surface area contributed by atoms with E-state index < -0.39 is 18.0 Å². The molecule has 138 valence electrons. The van der Waals surface area contributed by atoms with Crippen LogP contribution in [0.4, 0.5) is 18.9 Å².